The minimum Gasteiger partial charge on any atom is -0.543 e. The SMILES string of the molecule is CC(C)(C)[Si](C)(C)Oc1cccc(NC(=O)[C@@H]2CCC3CN2C(=O)N3OS(=O)(=O)O)c1. The quantitative estimate of drug-likeness (QED) is 0.482. The Kier molecular flexibility index (Phi) is 6.13. The van der Waals surface area contributed by atoms with Crippen molar-refractivity contribution in [3.05, 3.63) is 24.3 Å². The molecular weight excluding hydrogens is 442 g/mol. The summed E-state index contributed by atoms with van der Waals surface area (Å²) >= 11 is 0. The predicted octanol–water partition coefficient (Wildman–Crippen LogP) is 3.01. The van der Waals surface area contributed by atoms with Crippen molar-refractivity contribution in [1.29, 1.82) is 0 Å². The molecule has 1 aromatic rings. The van der Waals surface area contributed by atoms with Crippen LogP contribution < -0.4 is 9.74 Å². The number of piperidine rings is 1. The summed E-state index contributed by atoms with van der Waals surface area (Å²) in [5, 5.41) is 3.46. The number of benzene rings is 1. The molecule has 0 spiro atoms. The summed E-state index contributed by atoms with van der Waals surface area (Å²) in [5.41, 5.74) is 0.543. The van der Waals surface area contributed by atoms with Gasteiger partial charge < -0.3 is 14.6 Å². The number of carbonyl (C=O) groups excluding carboxylic acids is 2. The second kappa shape index (κ2) is 8.08. The van der Waals surface area contributed by atoms with Crippen LogP contribution in [-0.2, 0) is 19.5 Å². The molecule has 0 saturated carbocycles. The van der Waals surface area contributed by atoms with Gasteiger partial charge in [0.2, 0.25) is 14.2 Å². The van der Waals surface area contributed by atoms with E-state index < -0.39 is 36.8 Å². The topological polar surface area (TPSA) is 125 Å². The molecule has 2 N–H and O–H groups in total. The molecule has 31 heavy (non-hydrogen) atoms. The Balaban J connectivity index is 1.70. The molecule has 2 saturated heterocycles. The van der Waals surface area contributed by atoms with Crippen molar-refractivity contribution in [3.8, 4) is 5.75 Å². The minimum atomic E-state index is -4.83. The molecule has 1 aromatic carbocycles. The predicted molar refractivity (Wildman–Crippen MR) is 116 cm³/mol. The van der Waals surface area contributed by atoms with Crippen LogP contribution in [0.1, 0.15) is 33.6 Å². The van der Waals surface area contributed by atoms with E-state index in [4.69, 9.17) is 8.98 Å². The van der Waals surface area contributed by atoms with E-state index in [-0.39, 0.29) is 17.5 Å². The molecule has 0 radical (unpaired) electrons. The Bertz CT molecular complexity index is 977. The molecule has 3 rings (SSSR count). The maximum absolute atomic E-state index is 12.9. The number of rotatable bonds is 6. The van der Waals surface area contributed by atoms with Crippen LogP contribution in [0.2, 0.25) is 18.1 Å². The molecule has 10 nitrogen and oxygen atoms in total. The lowest BCUT2D eigenvalue weighted by atomic mass is 10.0. The Labute approximate surface area is 183 Å². The van der Waals surface area contributed by atoms with Crippen LogP contribution in [-0.4, -0.2) is 61.8 Å². The van der Waals surface area contributed by atoms with Gasteiger partial charge in [0.25, 0.3) is 0 Å². The summed E-state index contributed by atoms with van der Waals surface area (Å²) in [5.74, 6) is 0.281. The molecule has 12 heteroatoms. The van der Waals surface area contributed by atoms with Gasteiger partial charge in [0, 0.05) is 18.3 Å². The maximum Gasteiger partial charge on any atom is 0.418 e. The van der Waals surface area contributed by atoms with E-state index in [0.717, 1.165) is 0 Å². The Hall–Kier alpha value is -2.15. The first-order chi connectivity index (χ1) is 14.2. The molecule has 3 amide bonds. The summed E-state index contributed by atoms with van der Waals surface area (Å²) in [4.78, 5) is 26.6. The van der Waals surface area contributed by atoms with E-state index in [1.807, 2.05) is 6.07 Å². The van der Waals surface area contributed by atoms with Crippen LogP contribution in [0, 0.1) is 0 Å². The fourth-order valence-corrected chi connectivity index (χ4v) is 4.83. The summed E-state index contributed by atoms with van der Waals surface area (Å²) in [6.45, 7) is 10.8. The standard InChI is InChI=1S/C19H29N3O7SSi/c1-19(2,3)31(4,5)28-15-8-6-7-13(11-15)20-17(23)16-10-9-14-12-21(16)18(24)22(14)29-30(25,26)27/h6-8,11,14,16H,9-10,12H2,1-5H3,(H,20,23)(H,25,26,27)/t14?,16-/m0/s1. The van der Waals surface area contributed by atoms with Gasteiger partial charge in [0.15, 0.2) is 0 Å². The molecular formula is C19H29N3O7SSi. The highest BCUT2D eigenvalue weighted by Gasteiger charge is 2.49. The zero-order valence-electron chi connectivity index (χ0n) is 18.3. The maximum atomic E-state index is 12.9. The van der Waals surface area contributed by atoms with Gasteiger partial charge in [-0.1, -0.05) is 26.8 Å². The van der Waals surface area contributed by atoms with Crippen molar-refractivity contribution in [3.63, 3.8) is 0 Å². The van der Waals surface area contributed by atoms with Crippen molar-refractivity contribution in [2.75, 3.05) is 11.9 Å². The number of urea groups is 1. The normalized spacial score (nSPS) is 21.9. The van der Waals surface area contributed by atoms with E-state index in [9.17, 15) is 18.0 Å². The van der Waals surface area contributed by atoms with Gasteiger partial charge in [-0.2, -0.15) is 13.5 Å². The monoisotopic (exact) mass is 471 g/mol. The summed E-state index contributed by atoms with van der Waals surface area (Å²) < 4.78 is 41.6. The lowest BCUT2D eigenvalue weighted by molar-refractivity contribution is -0.120. The van der Waals surface area contributed by atoms with Crippen LogP contribution in [0.3, 0.4) is 0 Å². The highest BCUT2D eigenvalue weighted by molar-refractivity contribution is 7.80. The Morgan fingerprint density at radius 2 is 1.94 bits per heavy atom. The largest absolute Gasteiger partial charge is 0.543 e. The van der Waals surface area contributed by atoms with Gasteiger partial charge in [-0.3, -0.25) is 9.35 Å². The van der Waals surface area contributed by atoms with Crippen LogP contribution in [0.4, 0.5) is 10.5 Å². The number of hydroxylamine groups is 2. The third kappa shape index (κ3) is 5.19. The number of nitrogens with one attached hydrogen (secondary N) is 1. The molecule has 2 fully saturated rings. The van der Waals surface area contributed by atoms with E-state index in [1.165, 1.54) is 4.90 Å². The van der Waals surface area contributed by atoms with Gasteiger partial charge in [-0.15, -0.1) is 4.28 Å². The van der Waals surface area contributed by atoms with Gasteiger partial charge in [0.05, 0.1) is 6.04 Å². The number of carbonyl (C=O) groups is 2. The second-order valence-corrected chi connectivity index (χ2v) is 15.1. The fourth-order valence-electron chi connectivity index (χ4n) is 3.41. The average Bonchev–Trinajstić information content (AvgIpc) is 2.84. The van der Waals surface area contributed by atoms with Gasteiger partial charge >= 0.3 is 16.4 Å². The molecule has 2 heterocycles. The van der Waals surface area contributed by atoms with Gasteiger partial charge in [-0.05, 0) is 43.1 Å². The number of nitrogens with zero attached hydrogens (tertiary/aromatic N) is 2. The van der Waals surface area contributed by atoms with Crippen molar-refractivity contribution in [2.45, 2.75) is 63.8 Å². The van der Waals surface area contributed by atoms with Crippen molar-refractivity contribution < 1.29 is 31.3 Å². The summed E-state index contributed by atoms with van der Waals surface area (Å²) in [7, 11) is -6.87. The van der Waals surface area contributed by atoms with Crippen LogP contribution in [0.15, 0.2) is 24.3 Å². The molecule has 2 aliphatic heterocycles. The van der Waals surface area contributed by atoms with Crippen LogP contribution in [0.25, 0.3) is 0 Å². The minimum absolute atomic E-state index is 0.0248. The molecule has 2 aliphatic rings. The Morgan fingerprint density at radius 3 is 2.55 bits per heavy atom. The molecule has 1 unspecified atom stereocenters. The fraction of sp³-hybridized carbons (Fsp3) is 0.579. The number of hydrogen-bond acceptors (Lipinski definition) is 6. The van der Waals surface area contributed by atoms with Crippen molar-refractivity contribution in [1.82, 2.24) is 9.96 Å². The van der Waals surface area contributed by atoms with Crippen LogP contribution >= 0.6 is 0 Å². The smallest absolute Gasteiger partial charge is 0.418 e. The number of anilines is 1. The van der Waals surface area contributed by atoms with Gasteiger partial charge in [0.1, 0.15) is 11.8 Å². The van der Waals surface area contributed by atoms with E-state index in [0.29, 0.717) is 29.3 Å². The number of fused-ring (bicyclic) bond motifs is 2. The lowest BCUT2D eigenvalue weighted by Crippen LogP contribution is -2.47. The Morgan fingerprint density at radius 1 is 1.26 bits per heavy atom. The lowest BCUT2D eigenvalue weighted by Gasteiger charge is -2.36. The number of hydrogen-bond donors (Lipinski definition) is 2. The third-order valence-electron chi connectivity index (χ3n) is 6.08. The highest BCUT2D eigenvalue weighted by Crippen LogP contribution is 2.38. The molecule has 172 valence electrons. The average molecular weight is 472 g/mol. The zero-order valence-corrected chi connectivity index (χ0v) is 20.1. The van der Waals surface area contributed by atoms with Crippen molar-refractivity contribution in [2.24, 2.45) is 0 Å². The van der Waals surface area contributed by atoms with Crippen molar-refractivity contribution >= 4 is 36.3 Å². The van der Waals surface area contributed by atoms with Crippen LogP contribution in [0.5, 0.6) is 5.75 Å². The molecule has 2 bridgehead atoms. The highest BCUT2D eigenvalue weighted by atomic mass is 32.3. The number of amides is 3. The zero-order chi connectivity index (χ0) is 23.2. The molecule has 0 aliphatic carbocycles. The first kappa shape index (κ1) is 23.5. The van der Waals surface area contributed by atoms with E-state index in [1.54, 1.807) is 18.2 Å². The third-order valence-corrected chi connectivity index (χ3v) is 10.8. The summed E-state index contributed by atoms with van der Waals surface area (Å²) in [6, 6.07) is 5.04. The molecule has 0 aromatic heterocycles. The molecule has 2 atom stereocenters. The van der Waals surface area contributed by atoms with E-state index >= 15 is 0 Å². The summed E-state index contributed by atoms with van der Waals surface area (Å²) in [6.07, 6.45) is 0.706. The van der Waals surface area contributed by atoms with E-state index in [2.05, 4.69) is 43.5 Å². The van der Waals surface area contributed by atoms with Gasteiger partial charge in [-0.25, -0.2) is 4.79 Å². The first-order valence-corrected chi connectivity index (χ1v) is 14.3. The second-order valence-electron chi connectivity index (χ2n) is 9.39. The first-order valence-electron chi connectivity index (χ1n) is 10.0.